The fourth-order valence-corrected chi connectivity index (χ4v) is 4.50. The third kappa shape index (κ3) is 4.81. The van der Waals surface area contributed by atoms with Crippen LogP contribution in [0.15, 0.2) is 22.8 Å². The van der Waals surface area contributed by atoms with Gasteiger partial charge in [0.05, 0.1) is 18.3 Å². The highest BCUT2D eigenvalue weighted by Crippen LogP contribution is 2.41. The molecule has 0 radical (unpaired) electrons. The van der Waals surface area contributed by atoms with Crippen LogP contribution in [0.5, 0.6) is 0 Å². The Balaban J connectivity index is 1.76. The Morgan fingerprint density at radius 1 is 1.32 bits per heavy atom. The fraction of sp³-hybridized carbons (Fsp3) is 0.750. The van der Waals surface area contributed by atoms with Crippen molar-refractivity contribution >= 4 is 14.9 Å². The fourth-order valence-electron chi connectivity index (χ4n) is 3.49. The zero-order valence-corrected chi connectivity index (χ0v) is 13.9. The molecule has 0 atom stereocenters. The molecule has 19 heavy (non-hydrogen) atoms. The smallest absolute Gasteiger partial charge is 0.129 e. The van der Waals surface area contributed by atoms with E-state index in [2.05, 4.69) is 19.9 Å². The lowest BCUT2D eigenvalue weighted by Crippen LogP contribution is -2.32. The van der Waals surface area contributed by atoms with E-state index in [9.17, 15) is 0 Å². The molecule has 1 heterocycles. The first-order valence-electron chi connectivity index (χ1n) is 7.80. The van der Waals surface area contributed by atoms with Crippen molar-refractivity contribution in [3.05, 3.63) is 18.4 Å². The monoisotopic (exact) mass is 280 g/mol. The van der Waals surface area contributed by atoms with Crippen LogP contribution in [0.2, 0.25) is 0 Å². The number of hydrogen-bond acceptors (Lipinski definition) is 2. The molecule has 0 spiro atoms. The molecule has 2 rings (SSSR count). The molecule has 3 heteroatoms. The van der Waals surface area contributed by atoms with Crippen LogP contribution >= 0.6 is 0 Å². The highest BCUT2D eigenvalue weighted by atomic mass is 28.2. The van der Waals surface area contributed by atoms with Gasteiger partial charge in [0.2, 0.25) is 0 Å². The molecule has 1 saturated carbocycles. The Kier molecular flexibility index (Phi) is 5.70. The van der Waals surface area contributed by atoms with Gasteiger partial charge >= 0.3 is 0 Å². The standard InChI is InChI=1S/C16H28O2Si/c1-14(2)11-16(8-4-3-5-9-16)12-17-13-19-15-7-6-10-18-15/h6-7,10,14H,3-5,8-9,11-13,19H2,1-2H3. The van der Waals surface area contributed by atoms with E-state index in [4.69, 9.17) is 9.15 Å². The molecule has 2 nitrogen and oxygen atoms in total. The molecule has 0 amide bonds. The maximum Gasteiger partial charge on any atom is 0.129 e. The molecule has 0 aliphatic heterocycles. The maximum absolute atomic E-state index is 6.05. The summed E-state index contributed by atoms with van der Waals surface area (Å²) in [6.45, 7) is 5.65. The quantitative estimate of drug-likeness (QED) is 0.566. The lowest BCUT2D eigenvalue weighted by Gasteiger charge is -2.38. The van der Waals surface area contributed by atoms with Crippen molar-refractivity contribution in [2.24, 2.45) is 11.3 Å². The third-order valence-electron chi connectivity index (χ3n) is 4.24. The molecule has 0 bridgehead atoms. The van der Waals surface area contributed by atoms with Gasteiger partial charge in [-0.15, -0.1) is 0 Å². The molecule has 1 aromatic heterocycles. The van der Waals surface area contributed by atoms with E-state index in [1.165, 1.54) is 43.9 Å². The van der Waals surface area contributed by atoms with E-state index < -0.39 is 0 Å². The summed E-state index contributed by atoms with van der Waals surface area (Å²) in [6.07, 6.45) is 11.0. The number of furan rings is 1. The summed E-state index contributed by atoms with van der Waals surface area (Å²) in [6, 6.07) is 4.06. The van der Waals surface area contributed by atoms with Gasteiger partial charge in [0.15, 0.2) is 0 Å². The van der Waals surface area contributed by atoms with E-state index >= 15 is 0 Å². The topological polar surface area (TPSA) is 22.4 Å². The molecule has 1 aliphatic carbocycles. The Hall–Kier alpha value is -0.543. The van der Waals surface area contributed by atoms with Crippen molar-refractivity contribution in [3.63, 3.8) is 0 Å². The van der Waals surface area contributed by atoms with Gasteiger partial charge in [-0.25, -0.2) is 0 Å². The Labute approximate surface area is 119 Å². The van der Waals surface area contributed by atoms with Crippen LogP contribution in [0.25, 0.3) is 0 Å². The molecule has 0 N–H and O–H groups in total. The van der Waals surface area contributed by atoms with Crippen LogP contribution in [0.3, 0.4) is 0 Å². The summed E-state index contributed by atoms with van der Waals surface area (Å²) < 4.78 is 11.4. The zero-order chi connectivity index (χ0) is 13.6. The van der Waals surface area contributed by atoms with Crippen molar-refractivity contribution < 1.29 is 9.15 Å². The highest BCUT2D eigenvalue weighted by molar-refractivity contribution is 6.51. The second-order valence-electron chi connectivity index (χ2n) is 6.54. The van der Waals surface area contributed by atoms with Crippen molar-refractivity contribution in [1.29, 1.82) is 0 Å². The first kappa shape index (κ1) is 14.9. The molecule has 1 aliphatic rings. The van der Waals surface area contributed by atoms with Crippen molar-refractivity contribution in [1.82, 2.24) is 0 Å². The molecule has 0 unspecified atom stereocenters. The minimum absolute atomic E-state index is 0.358. The van der Waals surface area contributed by atoms with Crippen LogP contribution in [-0.2, 0) is 4.74 Å². The number of rotatable bonds is 7. The van der Waals surface area contributed by atoms with Gasteiger partial charge in [-0.2, -0.15) is 0 Å². The molecule has 1 fully saturated rings. The number of hydrogen-bond donors (Lipinski definition) is 0. The summed E-state index contributed by atoms with van der Waals surface area (Å²) >= 11 is 0. The summed E-state index contributed by atoms with van der Waals surface area (Å²) in [5, 5.41) is 1.17. The average molecular weight is 280 g/mol. The summed E-state index contributed by atoms with van der Waals surface area (Å²) in [5.41, 5.74) is 0.476. The zero-order valence-electron chi connectivity index (χ0n) is 12.5. The molecular weight excluding hydrogens is 252 g/mol. The van der Waals surface area contributed by atoms with Crippen LogP contribution in [-0.4, -0.2) is 22.4 Å². The van der Waals surface area contributed by atoms with Gasteiger partial charge in [0.25, 0.3) is 0 Å². The average Bonchev–Trinajstić information content (AvgIpc) is 2.88. The lowest BCUT2D eigenvalue weighted by atomic mass is 9.70. The SMILES string of the molecule is CC(C)CC1(COC[SiH2]c2ccco2)CCCCC1. The van der Waals surface area contributed by atoms with Gasteiger partial charge in [0.1, 0.15) is 9.52 Å². The second kappa shape index (κ2) is 7.30. The Bertz CT molecular complexity index is 340. The largest absolute Gasteiger partial charge is 0.475 e. The van der Waals surface area contributed by atoms with Gasteiger partial charge < -0.3 is 9.15 Å². The molecule has 0 saturated heterocycles. The number of ether oxygens (including phenoxy) is 1. The van der Waals surface area contributed by atoms with Crippen molar-refractivity contribution in [2.45, 2.75) is 52.4 Å². The van der Waals surface area contributed by atoms with Crippen LogP contribution in [0.4, 0.5) is 0 Å². The molecule has 0 aromatic carbocycles. The molecular formula is C16H28O2Si. The Morgan fingerprint density at radius 2 is 2.11 bits per heavy atom. The van der Waals surface area contributed by atoms with Crippen molar-refractivity contribution in [3.8, 4) is 0 Å². The van der Waals surface area contributed by atoms with Crippen LogP contribution < -0.4 is 5.38 Å². The van der Waals surface area contributed by atoms with E-state index in [0.29, 0.717) is 5.41 Å². The van der Waals surface area contributed by atoms with Gasteiger partial charge in [-0.3, -0.25) is 0 Å². The van der Waals surface area contributed by atoms with Gasteiger partial charge in [-0.1, -0.05) is 33.1 Å². The Morgan fingerprint density at radius 3 is 2.74 bits per heavy atom. The first-order valence-corrected chi connectivity index (χ1v) is 9.51. The molecule has 1 aromatic rings. The highest BCUT2D eigenvalue weighted by Gasteiger charge is 2.32. The summed E-state index contributed by atoms with van der Waals surface area (Å²) in [7, 11) is -0.358. The second-order valence-corrected chi connectivity index (χ2v) is 8.15. The van der Waals surface area contributed by atoms with Crippen LogP contribution in [0, 0.1) is 11.3 Å². The van der Waals surface area contributed by atoms with E-state index in [1.807, 2.05) is 6.07 Å². The minimum Gasteiger partial charge on any atom is -0.475 e. The summed E-state index contributed by atoms with van der Waals surface area (Å²) in [5.74, 6) is 0.781. The van der Waals surface area contributed by atoms with E-state index in [1.54, 1.807) is 6.26 Å². The predicted molar refractivity (Wildman–Crippen MR) is 82.7 cm³/mol. The van der Waals surface area contributed by atoms with Gasteiger partial charge in [0, 0.05) is 6.23 Å². The predicted octanol–water partition coefficient (Wildman–Crippen LogP) is 3.04. The van der Waals surface area contributed by atoms with E-state index in [0.717, 1.165) is 18.8 Å². The van der Waals surface area contributed by atoms with E-state index in [-0.39, 0.29) is 9.52 Å². The van der Waals surface area contributed by atoms with Gasteiger partial charge in [-0.05, 0) is 42.7 Å². The first-order chi connectivity index (χ1) is 9.20. The summed E-state index contributed by atoms with van der Waals surface area (Å²) in [4.78, 5) is 0. The molecule has 108 valence electrons. The third-order valence-corrected chi connectivity index (χ3v) is 5.62. The van der Waals surface area contributed by atoms with Crippen molar-refractivity contribution in [2.75, 3.05) is 12.8 Å². The lowest BCUT2D eigenvalue weighted by molar-refractivity contribution is 0.0239. The van der Waals surface area contributed by atoms with Crippen LogP contribution in [0.1, 0.15) is 52.4 Å². The minimum atomic E-state index is -0.358. The maximum atomic E-state index is 6.05. The normalized spacial score (nSPS) is 19.5.